The Bertz CT molecular complexity index is 620. The summed E-state index contributed by atoms with van der Waals surface area (Å²) in [5.74, 6) is 0.435. The van der Waals surface area contributed by atoms with E-state index < -0.39 is 11.6 Å². The topological polar surface area (TPSA) is 82.5 Å². The third-order valence-corrected chi connectivity index (χ3v) is 5.87. The number of aliphatic hydroxyl groups is 1. The number of carboxylic acid groups (broad SMARTS) is 1. The standard InChI is InChI=1S/C16H19ClN2O3/c17-13-3-12(11(7-18-13)15(20)21)19-14-9-1-8-2-10(14)6-16(22,4-8)5-9/h3,7-10,14,22H,1-2,4-6H2,(H,18,19)(H,20,21)/t8?,9-,10+,14?,16?. The molecule has 1 aromatic heterocycles. The number of rotatable bonds is 3. The van der Waals surface area contributed by atoms with Gasteiger partial charge in [0.25, 0.3) is 0 Å². The maximum absolute atomic E-state index is 11.4. The fourth-order valence-electron chi connectivity index (χ4n) is 5.12. The Balaban J connectivity index is 1.62. The molecule has 0 aliphatic heterocycles. The van der Waals surface area contributed by atoms with Crippen molar-refractivity contribution in [2.75, 3.05) is 5.32 Å². The lowest BCUT2D eigenvalue weighted by atomic mass is 9.52. The third-order valence-electron chi connectivity index (χ3n) is 5.66. The largest absolute Gasteiger partial charge is 0.478 e. The Hall–Kier alpha value is -1.33. The molecule has 0 amide bonds. The second kappa shape index (κ2) is 4.83. The van der Waals surface area contributed by atoms with E-state index in [0.717, 1.165) is 32.1 Å². The van der Waals surface area contributed by atoms with Gasteiger partial charge in [-0.05, 0) is 55.9 Å². The first-order valence-corrected chi connectivity index (χ1v) is 8.19. The molecule has 5 rings (SSSR count). The minimum Gasteiger partial charge on any atom is -0.478 e. The van der Waals surface area contributed by atoms with Gasteiger partial charge in [-0.3, -0.25) is 0 Å². The summed E-state index contributed by atoms with van der Waals surface area (Å²) in [4.78, 5) is 15.2. The normalized spacial score (nSPS) is 39.0. The number of nitrogens with one attached hydrogen (secondary N) is 1. The van der Waals surface area contributed by atoms with E-state index in [1.165, 1.54) is 6.20 Å². The van der Waals surface area contributed by atoms with E-state index in [1.807, 2.05) is 0 Å². The number of aromatic carboxylic acids is 1. The first-order chi connectivity index (χ1) is 10.4. The van der Waals surface area contributed by atoms with Gasteiger partial charge >= 0.3 is 5.97 Å². The monoisotopic (exact) mass is 322 g/mol. The minimum atomic E-state index is -1.01. The molecule has 6 heteroatoms. The molecule has 22 heavy (non-hydrogen) atoms. The number of carbonyl (C=O) groups is 1. The summed E-state index contributed by atoms with van der Waals surface area (Å²) in [6.45, 7) is 0. The molecular weight excluding hydrogens is 304 g/mol. The molecule has 3 N–H and O–H groups in total. The van der Waals surface area contributed by atoms with Gasteiger partial charge in [0.05, 0.1) is 11.3 Å². The lowest BCUT2D eigenvalue weighted by molar-refractivity contribution is -0.129. The predicted octanol–water partition coefficient (Wildman–Crippen LogP) is 2.78. The van der Waals surface area contributed by atoms with Crippen LogP contribution in [0.3, 0.4) is 0 Å². The Labute approximate surface area is 133 Å². The van der Waals surface area contributed by atoms with Crippen LogP contribution in [-0.4, -0.2) is 32.8 Å². The smallest absolute Gasteiger partial charge is 0.339 e. The lowest BCUT2D eigenvalue weighted by Gasteiger charge is -2.58. The van der Waals surface area contributed by atoms with E-state index in [2.05, 4.69) is 10.3 Å². The highest BCUT2D eigenvalue weighted by Gasteiger charge is 2.54. The van der Waals surface area contributed by atoms with Gasteiger partial charge < -0.3 is 15.5 Å². The average Bonchev–Trinajstić information content (AvgIpc) is 2.40. The van der Waals surface area contributed by atoms with Crippen molar-refractivity contribution in [1.82, 2.24) is 4.98 Å². The zero-order chi connectivity index (χ0) is 15.5. The summed E-state index contributed by atoms with van der Waals surface area (Å²) in [7, 11) is 0. The van der Waals surface area contributed by atoms with Crippen molar-refractivity contribution in [3.63, 3.8) is 0 Å². The van der Waals surface area contributed by atoms with E-state index >= 15 is 0 Å². The number of hydrogen-bond donors (Lipinski definition) is 3. The molecule has 0 radical (unpaired) electrons. The average molecular weight is 323 g/mol. The molecule has 118 valence electrons. The minimum absolute atomic E-state index is 0.150. The first-order valence-electron chi connectivity index (χ1n) is 7.81. The Morgan fingerprint density at radius 1 is 1.32 bits per heavy atom. The van der Waals surface area contributed by atoms with Crippen molar-refractivity contribution in [3.8, 4) is 0 Å². The molecule has 5 nitrogen and oxygen atoms in total. The Morgan fingerprint density at radius 3 is 2.59 bits per heavy atom. The van der Waals surface area contributed by atoms with Crippen molar-refractivity contribution in [2.45, 2.75) is 43.7 Å². The van der Waals surface area contributed by atoms with Crippen LogP contribution in [0.5, 0.6) is 0 Å². The maximum atomic E-state index is 11.4. The van der Waals surface area contributed by atoms with Gasteiger partial charge in [-0.25, -0.2) is 9.78 Å². The summed E-state index contributed by atoms with van der Waals surface area (Å²) >= 11 is 5.93. The molecule has 1 heterocycles. The number of halogens is 1. The van der Waals surface area contributed by atoms with Crippen LogP contribution in [0.2, 0.25) is 5.15 Å². The first kappa shape index (κ1) is 14.3. The highest BCUT2D eigenvalue weighted by molar-refractivity contribution is 6.29. The van der Waals surface area contributed by atoms with Gasteiger partial charge in [-0.2, -0.15) is 0 Å². The number of aromatic nitrogens is 1. The van der Waals surface area contributed by atoms with Crippen LogP contribution in [0, 0.1) is 17.8 Å². The molecule has 4 bridgehead atoms. The fraction of sp³-hybridized carbons (Fsp3) is 0.625. The molecule has 1 aromatic rings. The molecule has 5 atom stereocenters. The highest BCUT2D eigenvalue weighted by Crippen LogP contribution is 2.56. The predicted molar refractivity (Wildman–Crippen MR) is 82.1 cm³/mol. The van der Waals surface area contributed by atoms with Gasteiger partial charge in [-0.15, -0.1) is 0 Å². The van der Waals surface area contributed by atoms with Gasteiger partial charge in [0, 0.05) is 12.2 Å². The summed E-state index contributed by atoms with van der Waals surface area (Å²) in [5, 5.41) is 23.6. The summed E-state index contributed by atoms with van der Waals surface area (Å²) in [6.07, 6.45) is 6.12. The number of pyridine rings is 1. The molecule has 4 aliphatic rings. The Kier molecular flexibility index (Phi) is 3.13. The molecule has 4 aliphatic carbocycles. The van der Waals surface area contributed by atoms with Crippen molar-refractivity contribution < 1.29 is 15.0 Å². The van der Waals surface area contributed by atoms with Crippen molar-refractivity contribution in [3.05, 3.63) is 23.0 Å². The molecule has 0 spiro atoms. The van der Waals surface area contributed by atoms with Crippen LogP contribution in [0.25, 0.3) is 0 Å². The lowest BCUT2D eigenvalue weighted by Crippen LogP contribution is -2.59. The number of nitrogens with zero attached hydrogens (tertiary/aromatic N) is 1. The molecule has 4 saturated carbocycles. The van der Waals surface area contributed by atoms with E-state index in [4.69, 9.17) is 11.6 Å². The number of carboxylic acids is 1. The van der Waals surface area contributed by atoms with Crippen molar-refractivity contribution >= 4 is 23.3 Å². The maximum Gasteiger partial charge on any atom is 0.339 e. The van der Waals surface area contributed by atoms with E-state index in [1.54, 1.807) is 6.07 Å². The zero-order valence-electron chi connectivity index (χ0n) is 12.1. The van der Waals surface area contributed by atoms with E-state index in [9.17, 15) is 15.0 Å². The van der Waals surface area contributed by atoms with Crippen LogP contribution in [0.15, 0.2) is 12.3 Å². The second-order valence-electron chi connectivity index (χ2n) is 7.22. The molecule has 3 unspecified atom stereocenters. The molecular formula is C16H19ClN2O3. The van der Waals surface area contributed by atoms with E-state index in [-0.39, 0.29) is 16.8 Å². The molecule has 4 fully saturated rings. The van der Waals surface area contributed by atoms with Gasteiger partial charge in [0.15, 0.2) is 0 Å². The van der Waals surface area contributed by atoms with Crippen LogP contribution in [0.1, 0.15) is 42.5 Å². The van der Waals surface area contributed by atoms with Crippen molar-refractivity contribution in [1.29, 1.82) is 0 Å². The number of hydrogen-bond acceptors (Lipinski definition) is 4. The van der Waals surface area contributed by atoms with Crippen LogP contribution in [-0.2, 0) is 0 Å². The summed E-state index contributed by atoms with van der Waals surface area (Å²) < 4.78 is 0. The van der Waals surface area contributed by atoms with Crippen molar-refractivity contribution in [2.24, 2.45) is 17.8 Å². The summed E-state index contributed by atoms with van der Waals surface area (Å²) in [6, 6.07) is 1.80. The SMILES string of the molecule is O=C(O)c1cnc(Cl)cc1NC1[C@@H]2CC3C[C@H]1CC(O)(C3)C2. The fourth-order valence-corrected chi connectivity index (χ4v) is 5.27. The molecule has 0 aromatic carbocycles. The van der Waals surface area contributed by atoms with E-state index in [0.29, 0.717) is 23.4 Å². The quantitative estimate of drug-likeness (QED) is 0.745. The van der Waals surface area contributed by atoms with Gasteiger partial charge in [0.1, 0.15) is 10.7 Å². The molecule has 0 saturated heterocycles. The Morgan fingerprint density at radius 2 is 2.00 bits per heavy atom. The van der Waals surface area contributed by atoms with Crippen LogP contribution < -0.4 is 5.32 Å². The van der Waals surface area contributed by atoms with Crippen LogP contribution >= 0.6 is 11.6 Å². The number of anilines is 1. The van der Waals surface area contributed by atoms with Gasteiger partial charge in [0.2, 0.25) is 0 Å². The summed E-state index contributed by atoms with van der Waals surface area (Å²) in [5.41, 5.74) is 0.203. The van der Waals surface area contributed by atoms with Gasteiger partial charge in [-0.1, -0.05) is 11.6 Å². The third kappa shape index (κ3) is 2.27. The highest BCUT2D eigenvalue weighted by atomic mass is 35.5. The van der Waals surface area contributed by atoms with Crippen LogP contribution in [0.4, 0.5) is 5.69 Å². The zero-order valence-corrected chi connectivity index (χ0v) is 12.9. The second-order valence-corrected chi connectivity index (χ2v) is 7.61.